The van der Waals surface area contributed by atoms with Gasteiger partial charge in [0.25, 0.3) is 0 Å². The first-order valence-electron chi connectivity index (χ1n) is 3.76. The Morgan fingerprint density at radius 1 is 1.33 bits per heavy atom. The summed E-state index contributed by atoms with van der Waals surface area (Å²) in [4.78, 5) is 2.06. The van der Waals surface area contributed by atoms with Crippen molar-refractivity contribution in [3.8, 4) is 0 Å². The lowest BCUT2D eigenvalue weighted by Crippen LogP contribution is -2.19. The van der Waals surface area contributed by atoms with Crippen LogP contribution in [0, 0.1) is 5.82 Å². The number of rotatable bonds is 3. The van der Waals surface area contributed by atoms with Gasteiger partial charge >= 0.3 is 0 Å². The number of nitrogens with zero attached hydrogens (tertiary/aromatic N) is 1. The molecule has 0 aliphatic rings. The molecule has 0 bridgehead atoms. The largest absolute Gasteiger partial charge is 0.374 e. The molecule has 1 aromatic carbocycles. The molecule has 0 saturated heterocycles. The maximum Gasteiger partial charge on any atom is 0.123 e. The summed E-state index contributed by atoms with van der Waals surface area (Å²) in [6.45, 7) is 0.922. The summed E-state index contributed by atoms with van der Waals surface area (Å²) in [6, 6.07) is 6.50. The topological polar surface area (TPSA) is 3.24 Å². The van der Waals surface area contributed by atoms with Gasteiger partial charge in [-0.1, -0.05) is 15.9 Å². The van der Waals surface area contributed by atoms with Crippen LogP contribution in [0.25, 0.3) is 0 Å². The quantitative estimate of drug-likeness (QED) is 0.724. The average molecular weight is 232 g/mol. The number of hydrogen-bond acceptors (Lipinski definition) is 1. The van der Waals surface area contributed by atoms with Crippen LogP contribution in [-0.2, 0) is 0 Å². The summed E-state index contributed by atoms with van der Waals surface area (Å²) in [5.74, 6) is -0.189. The van der Waals surface area contributed by atoms with Gasteiger partial charge in [0.15, 0.2) is 0 Å². The van der Waals surface area contributed by atoms with E-state index >= 15 is 0 Å². The fourth-order valence-electron chi connectivity index (χ4n) is 0.951. The van der Waals surface area contributed by atoms with Gasteiger partial charge in [0.1, 0.15) is 5.82 Å². The molecule has 3 heteroatoms. The van der Waals surface area contributed by atoms with E-state index in [4.69, 9.17) is 0 Å². The highest BCUT2D eigenvalue weighted by molar-refractivity contribution is 9.09. The highest BCUT2D eigenvalue weighted by Crippen LogP contribution is 2.12. The molecule has 1 aromatic rings. The second kappa shape index (κ2) is 4.45. The van der Waals surface area contributed by atoms with Crippen LogP contribution in [0.1, 0.15) is 0 Å². The monoisotopic (exact) mass is 231 g/mol. The number of halogens is 2. The SMILES string of the molecule is CN(CCBr)c1ccc(F)cc1. The molecule has 0 radical (unpaired) electrons. The normalized spacial score (nSPS) is 9.92. The van der Waals surface area contributed by atoms with Gasteiger partial charge in [-0.15, -0.1) is 0 Å². The molecule has 0 fully saturated rings. The second-order valence-electron chi connectivity index (χ2n) is 2.59. The van der Waals surface area contributed by atoms with Gasteiger partial charge in [-0.05, 0) is 24.3 Å². The van der Waals surface area contributed by atoms with Gasteiger partial charge in [-0.3, -0.25) is 0 Å². The highest BCUT2D eigenvalue weighted by Gasteiger charge is 1.98. The Kier molecular flexibility index (Phi) is 3.53. The Labute approximate surface area is 80.3 Å². The van der Waals surface area contributed by atoms with Crippen molar-refractivity contribution in [3.63, 3.8) is 0 Å². The molecule has 66 valence electrons. The highest BCUT2D eigenvalue weighted by atomic mass is 79.9. The Balaban J connectivity index is 2.68. The van der Waals surface area contributed by atoms with Crippen molar-refractivity contribution in [2.24, 2.45) is 0 Å². The smallest absolute Gasteiger partial charge is 0.123 e. The van der Waals surface area contributed by atoms with Gasteiger partial charge in [0.05, 0.1) is 0 Å². The van der Waals surface area contributed by atoms with Crippen molar-refractivity contribution in [2.45, 2.75) is 0 Å². The van der Waals surface area contributed by atoms with E-state index in [2.05, 4.69) is 20.8 Å². The first-order chi connectivity index (χ1) is 5.74. The second-order valence-corrected chi connectivity index (χ2v) is 3.38. The maximum absolute atomic E-state index is 12.5. The van der Waals surface area contributed by atoms with Crippen LogP contribution in [0.5, 0.6) is 0 Å². The van der Waals surface area contributed by atoms with E-state index in [9.17, 15) is 4.39 Å². The van der Waals surface area contributed by atoms with Crippen LogP contribution in [0.15, 0.2) is 24.3 Å². The van der Waals surface area contributed by atoms with E-state index in [0.717, 1.165) is 17.6 Å². The third kappa shape index (κ3) is 2.48. The third-order valence-corrected chi connectivity index (χ3v) is 2.04. The zero-order valence-corrected chi connectivity index (χ0v) is 8.51. The zero-order valence-electron chi connectivity index (χ0n) is 6.93. The molecular formula is C9H11BrFN. The first kappa shape index (κ1) is 9.52. The summed E-state index contributed by atoms with van der Waals surface area (Å²) < 4.78 is 12.5. The molecule has 0 unspecified atom stereocenters. The van der Waals surface area contributed by atoms with Crippen molar-refractivity contribution < 1.29 is 4.39 Å². The molecule has 0 aromatic heterocycles. The molecule has 0 N–H and O–H groups in total. The van der Waals surface area contributed by atoms with Crippen molar-refractivity contribution in [3.05, 3.63) is 30.1 Å². The number of anilines is 1. The predicted molar refractivity (Wildman–Crippen MR) is 53.5 cm³/mol. The van der Waals surface area contributed by atoms with E-state index in [1.54, 1.807) is 12.1 Å². The van der Waals surface area contributed by atoms with Crippen molar-refractivity contribution in [2.75, 3.05) is 23.8 Å². The Morgan fingerprint density at radius 2 is 1.92 bits per heavy atom. The van der Waals surface area contributed by atoms with E-state index in [1.165, 1.54) is 12.1 Å². The van der Waals surface area contributed by atoms with Crippen LogP contribution in [0.3, 0.4) is 0 Å². The third-order valence-electron chi connectivity index (χ3n) is 1.69. The molecule has 0 heterocycles. The minimum Gasteiger partial charge on any atom is -0.374 e. The minimum absolute atomic E-state index is 0.189. The molecule has 0 atom stereocenters. The lowest BCUT2D eigenvalue weighted by atomic mass is 10.3. The fourth-order valence-corrected chi connectivity index (χ4v) is 1.48. The van der Waals surface area contributed by atoms with E-state index in [0.29, 0.717) is 0 Å². The number of benzene rings is 1. The van der Waals surface area contributed by atoms with Gasteiger partial charge < -0.3 is 4.90 Å². The molecule has 1 rings (SSSR count). The maximum atomic E-state index is 12.5. The molecule has 0 aliphatic carbocycles. The summed E-state index contributed by atoms with van der Waals surface area (Å²) in [6.07, 6.45) is 0. The van der Waals surface area contributed by atoms with Crippen LogP contribution >= 0.6 is 15.9 Å². The average Bonchev–Trinajstić information content (AvgIpc) is 2.06. The van der Waals surface area contributed by atoms with Crippen molar-refractivity contribution >= 4 is 21.6 Å². The molecule has 12 heavy (non-hydrogen) atoms. The number of alkyl halides is 1. The van der Waals surface area contributed by atoms with Crippen LogP contribution in [0.4, 0.5) is 10.1 Å². The summed E-state index contributed by atoms with van der Waals surface area (Å²) in [7, 11) is 1.98. The van der Waals surface area contributed by atoms with Crippen LogP contribution in [-0.4, -0.2) is 18.9 Å². The van der Waals surface area contributed by atoms with Crippen LogP contribution in [0.2, 0.25) is 0 Å². The van der Waals surface area contributed by atoms with Crippen molar-refractivity contribution in [1.29, 1.82) is 0 Å². The lowest BCUT2D eigenvalue weighted by molar-refractivity contribution is 0.627. The van der Waals surface area contributed by atoms with Gasteiger partial charge in [-0.2, -0.15) is 0 Å². The first-order valence-corrected chi connectivity index (χ1v) is 4.89. The molecule has 0 saturated carbocycles. The number of hydrogen-bond donors (Lipinski definition) is 0. The molecular weight excluding hydrogens is 221 g/mol. The Morgan fingerprint density at radius 3 is 2.42 bits per heavy atom. The minimum atomic E-state index is -0.189. The van der Waals surface area contributed by atoms with Crippen LogP contribution < -0.4 is 4.90 Å². The Bertz CT molecular complexity index is 235. The predicted octanol–water partition coefficient (Wildman–Crippen LogP) is 2.66. The standard InChI is InChI=1S/C9H11BrFN/c1-12(7-6-10)9-4-2-8(11)3-5-9/h2-5H,6-7H2,1H3. The molecule has 0 spiro atoms. The summed E-state index contributed by atoms with van der Waals surface area (Å²) in [5, 5.41) is 0.918. The van der Waals surface area contributed by atoms with Gasteiger partial charge in [0, 0.05) is 24.6 Å². The molecule has 1 nitrogen and oxygen atoms in total. The molecule has 0 amide bonds. The van der Waals surface area contributed by atoms with Gasteiger partial charge in [0.2, 0.25) is 0 Å². The summed E-state index contributed by atoms with van der Waals surface area (Å²) in [5.41, 5.74) is 1.04. The zero-order chi connectivity index (χ0) is 8.97. The Hall–Kier alpha value is -0.570. The fraction of sp³-hybridized carbons (Fsp3) is 0.333. The van der Waals surface area contributed by atoms with Gasteiger partial charge in [-0.25, -0.2) is 4.39 Å². The van der Waals surface area contributed by atoms with E-state index in [-0.39, 0.29) is 5.82 Å². The lowest BCUT2D eigenvalue weighted by Gasteiger charge is -2.17. The van der Waals surface area contributed by atoms with E-state index < -0.39 is 0 Å². The van der Waals surface area contributed by atoms with Crippen molar-refractivity contribution in [1.82, 2.24) is 0 Å². The molecule has 0 aliphatic heterocycles. The van der Waals surface area contributed by atoms with E-state index in [1.807, 2.05) is 7.05 Å². The summed E-state index contributed by atoms with van der Waals surface area (Å²) >= 11 is 3.35.